The minimum Gasteiger partial charge on any atom is -0.480 e. The summed E-state index contributed by atoms with van der Waals surface area (Å²) in [6.45, 7) is 13.3. The summed E-state index contributed by atoms with van der Waals surface area (Å²) in [5.41, 5.74) is -1.73. The molecule has 0 spiro atoms. The fourth-order valence-electron chi connectivity index (χ4n) is 1.76. The van der Waals surface area contributed by atoms with Crippen molar-refractivity contribution in [2.45, 2.75) is 79.1 Å². The number of carboxylic acid groups (broad SMARTS) is 1. The van der Waals surface area contributed by atoms with Crippen LogP contribution >= 0.6 is 0 Å². The van der Waals surface area contributed by atoms with E-state index in [-0.39, 0.29) is 0 Å². The molecule has 0 saturated carbocycles. The Morgan fingerprint density at radius 3 is 1.52 bits per heavy atom. The van der Waals surface area contributed by atoms with Crippen molar-refractivity contribution in [1.29, 1.82) is 0 Å². The number of aliphatic carboxylic acids is 1. The van der Waals surface area contributed by atoms with Crippen LogP contribution in [0.15, 0.2) is 0 Å². The van der Waals surface area contributed by atoms with Crippen molar-refractivity contribution in [3.63, 3.8) is 0 Å². The van der Waals surface area contributed by atoms with Gasteiger partial charge in [0, 0.05) is 0 Å². The molecule has 0 aromatic rings. The van der Waals surface area contributed by atoms with Gasteiger partial charge in [-0.3, -0.25) is 0 Å². The third-order valence-electron chi connectivity index (χ3n) is 2.89. The summed E-state index contributed by atoms with van der Waals surface area (Å²) in [7, 11) is 0. The number of hydrogen-bond acceptors (Lipinski definition) is 5. The van der Waals surface area contributed by atoms with E-state index in [4.69, 9.17) is 9.47 Å². The Hall–Kier alpha value is -1.79. The van der Waals surface area contributed by atoms with Crippen LogP contribution in [0.3, 0.4) is 0 Å². The maximum atomic E-state index is 12.4. The van der Waals surface area contributed by atoms with Crippen molar-refractivity contribution in [3.8, 4) is 0 Å². The van der Waals surface area contributed by atoms with Crippen LogP contribution in [0.1, 0.15) is 61.8 Å². The zero-order valence-electron chi connectivity index (χ0n) is 15.3. The van der Waals surface area contributed by atoms with Gasteiger partial charge in [0.05, 0.1) is 0 Å². The van der Waals surface area contributed by atoms with Crippen LogP contribution in [0.2, 0.25) is 0 Å². The van der Waals surface area contributed by atoms with Crippen LogP contribution in [-0.2, 0) is 14.3 Å². The second kappa shape index (κ2) is 7.66. The Balaban J connectivity index is 5.72. The molecule has 0 radical (unpaired) electrons. The van der Waals surface area contributed by atoms with Crippen molar-refractivity contribution in [1.82, 2.24) is 4.90 Å². The summed E-state index contributed by atoms with van der Waals surface area (Å²) in [4.78, 5) is 37.0. The van der Waals surface area contributed by atoms with E-state index in [2.05, 4.69) is 0 Å². The Bertz CT molecular complexity index is 418. The zero-order chi connectivity index (χ0) is 18.6. The van der Waals surface area contributed by atoms with Crippen LogP contribution in [0.25, 0.3) is 0 Å². The molecule has 7 nitrogen and oxygen atoms in total. The van der Waals surface area contributed by atoms with Crippen LogP contribution in [0, 0.1) is 5.92 Å². The molecule has 0 unspecified atom stereocenters. The van der Waals surface area contributed by atoms with Crippen LogP contribution in [0.4, 0.5) is 9.59 Å². The highest BCUT2D eigenvalue weighted by Crippen LogP contribution is 2.22. The fourth-order valence-corrected chi connectivity index (χ4v) is 1.76. The maximum absolute atomic E-state index is 12.4. The first kappa shape index (κ1) is 21.2. The predicted molar refractivity (Wildman–Crippen MR) is 85.2 cm³/mol. The number of carbonyl (C=O) groups is 3. The number of hydrogen-bond donors (Lipinski definition) is 1. The lowest BCUT2D eigenvalue weighted by atomic mass is 9.98. The summed E-state index contributed by atoms with van der Waals surface area (Å²) >= 11 is 0. The third kappa shape index (κ3) is 7.34. The first-order valence-electron chi connectivity index (χ1n) is 7.67. The number of nitrogens with zero attached hydrogens (tertiary/aromatic N) is 1. The Kier molecular flexibility index (Phi) is 7.06. The molecular formula is C16H29NO6. The van der Waals surface area contributed by atoms with E-state index in [9.17, 15) is 19.5 Å². The van der Waals surface area contributed by atoms with Gasteiger partial charge < -0.3 is 14.6 Å². The number of imide groups is 1. The molecule has 0 rings (SSSR count). The molecular weight excluding hydrogens is 302 g/mol. The molecule has 1 N–H and O–H groups in total. The van der Waals surface area contributed by atoms with E-state index in [1.807, 2.05) is 0 Å². The van der Waals surface area contributed by atoms with E-state index < -0.39 is 41.3 Å². The van der Waals surface area contributed by atoms with Crippen molar-refractivity contribution >= 4 is 18.2 Å². The summed E-state index contributed by atoms with van der Waals surface area (Å²) in [6, 6.07) is -1.36. The highest BCUT2D eigenvalue weighted by atomic mass is 16.6. The third-order valence-corrected chi connectivity index (χ3v) is 2.89. The Labute approximate surface area is 137 Å². The average molecular weight is 331 g/mol. The van der Waals surface area contributed by atoms with Crippen LogP contribution in [0.5, 0.6) is 0 Å². The molecule has 0 saturated heterocycles. The minimum absolute atomic E-state index is 0.451. The minimum atomic E-state index is -1.36. The molecule has 23 heavy (non-hydrogen) atoms. The molecule has 0 aliphatic rings. The maximum Gasteiger partial charge on any atom is 0.420 e. The molecule has 0 aliphatic heterocycles. The van der Waals surface area contributed by atoms with E-state index in [0.29, 0.717) is 11.3 Å². The molecule has 0 aliphatic carbocycles. The molecule has 2 atom stereocenters. The first-order chi connectivity index (χ1) is 10.2. The second-order valence-electron chi connectivity index (χ2n) is 7.50. The molecule has 0 fully saturated rings. The first-order valence-corrected chi connectivity index (χ1v) is 7.67. The van der Waals surface area contributed by atoms with Gasteiger partial charge in [-0.25, -0.2) is 14.4 Å². The Morgan fingerprint density at radius 2 is 1.30 bits per heavy atom. The highest BCUT2D eigenvalue weighted by molar-refractivity contribution is 5.93. The van der Waals surface area contributed by atoms with Gasteiger partial charge in [0.25, 0.3) is 0 Å². The number of ether oxygens (including phenoxy) is 2. The Morgan fingerprint density at radius 1 is 0.957 bits per heavy atom. The number of carboxylic acids is 1. The van der Waals surface area contributed by atoms with Crippen LogP contribution < -0.4 is 0 Å². The van der Waals surface area contributed by atoms with Crippen molar-refractivity contribution in [2.24, 2.45) is 5.92 Å². The summed E-state index contributed by atoms with van der Waals surface area (Å²) in [5.74, 6) is -1.73. The second-order valence-corrected chi connectivity index (χ2v) is 7.50. The van der Waals surface area contributed by atoms with Gasteiger partial charge in [-0.15, -0.1) is 0 Å². The fraction of sp³-hybridized carbons (Fsp3) is 0.812. The summed E-state index contributed by atoms with van der Waals surface area (Å²) < 4.78 is 10.4. The number of rotatable bonds is 4. The van der Waals surface area contributed by atoms with E-state index in [1.54, 1.807) is 55.4 Å². The predicted octanol–water partition coefficient (Wildman–Crippen LogP) is 3.66. The molecule has 2 amide bonds. The largest absolute Gasteiger partial charge is 0.480 e. The van der Waals surface area contributed by atoms with Gasteiger partial charge in [0.1, 0.15) is 17.2 Å². The number of carbonyl (C=O) groups excluding carboxylic acids is 2. The quantitative estimate of drug-likeness (QED) is 0.845. The molecule has 0 aromatic carbocycles. The van der Waals surface area contributed by atoms with Crippen molar-refractivity contribution in [2.75, 3.05) is 0 Å². The molecule has 0 bridgehead atoms. The van der Waals surface area contributed by atoms with Gasteiger partial charge in [-0.1, -0.05) is 20.3 Å². The standard InChI is InChI=1S/C16H29NO6/c1-9-10(2)11(12(18)19)17(13(20)22-15(3,4)5)14(21)23-16(6,7)8/h10-11H,9H2,1-8H3,(H,18,19)/t10-,11-/m0/s1. The molecule has 134 valence electrons. The van der Waals surface area contributed by atoms with Gasteiger partial charge in [-0.2, -0.15) is 4.90 Å². The van der Waals surface area contributed by atoms with Crippen molar-refractivity contribution < 1.29 is 29.0 Å². The topological polar surface area (TPSA) is 93.1 Å². The normalized spacial score (nSPS) is 14.6. The van der Waals surface area contributed by atoms with Gasteiger partial charge in [0.15, 0.2) is 0 Å². The van der Waals surface area contributed by atoms with E-state index in [1.165, 1.54) is 0 Å². The summed E-state index contributed by atoms with van der Waals surface area (Å²) in [6.07, 6.45) is -1.59. The van der Waals surface area contributed by atoms with Gasteiger partial charge >= 0.3 is 18.2 Å². The van der Waals surface area contributed by atoms with Crippen molar-refractivity contribution in [3.05, 3.63) is 0 Å². The van der Waals surface area contributed by atoms with E-state index >= 15 is 0 Å². The monoisotopic (exact) mass is 331 g/mol. The lowest BCUT2D eigenvalue weighted by Crippen LogP contribution is -2.54. The smallest absolute Gasteiger partial charge is 0.420 e. The summed E-state index contributed by atoms with van der Waals surface area (Å²) in [5, 5.41) is 9.48. The highest BCUT2D eigenvalue weighted by Gasteiger charge is 2.42. The van der Waals surface area contributed by atoms with Gasteiger partial charge in [-0.05, 0) is 47.5 Å². The van der Waals surface area contributed by atoms with Gasteiger partial charge in [0.2, 0.25) is 0 Å². The zero-order valence-corrected chi connectivity index (χ0v) is 15.3. The van der Waals surface area contributed by atoms with E-state index in [0.717, 1.165) is 0 Å². The number of amides is 2. The average Bonchev–Trinajstić information content (AvgIpc) is 2.29. The lowest BCUT2D eigenvalue weighted by Gasteiger charge is -2.33. The van der Waals surface area contributed by atoms with Crippen LogP contribution in [-0.4, -0.2) is 45.4 Å². The molecule has 0 heterocycles. The molecule has 7 heteroatoms. The lowest BCUT2D eigenvalue weighted by molar-refractivity contribution is -0.145. The SMILES string of the molecule is CC[C@H](C)[C@@H](C(=O)O)N(C(=O)OC(C)(C)C)C(=O)OC(C)(C)C. The molecule has 0 aromatic heterocycles.